The molecule has 2 heterocycles. The Hall–Kier alpha value is -3.61. The molecule has 8 heteroatoms. The maximum Gasteiger partial charge on any atom is 0.337 e. The van der Waals surface area contributed by atoms with Gasteiger partial charge in [0.25, 0.3) is 5.91 Å². The fourth-order valence-corrected chi connectivity index (χ4v) is 4.60. The standard InChI is InChI=1S/C26H17Cl2NO5/c1-33-26(32)15-8-6-14(7-9-15)22-21-23(30)18-12-17(27)10-11-20(18)34-24(21)25(31)29(22)13-16-4-2-3-5-19(16)28/h2-12,22H,13H2,1H3/t22-/m1/s1. The Balaban J connectivity index is 1.70. The lowest BCUT2D eigenvalue weighted by atomic mass is 9.97. The third kappa shape index (κ3) is 3.65. The van der Waals surface area contributed by atoms with Crippen LogP contribution < -0.4 is 5.43 Å². The Morgan fingerprint density at radius 1 is 1.03 bits per heavy atom. The van der Waals surface area contributed by atoms with E-state index in [9.17, 15) is 14.4 Å². The Labute approximate surface area is 204 Å². The van der Waals surface area contributed by atoms with E-state index >= 15 is 0 Å². The van der Waals surface area contributed by atoms with Crippen LogP contribution in [0.15, 0.2) is 75.9 Å². The summed E-state index contributed by atoms with van der Waals surface area (Å²) in [5.41, 5.74) is 1.88. The number of carbonyl (C=O) groups is 2. The summed E-state index contributed by atoms with van der Waals surface area (Å²) in [5.74, 6) is -0.928. The minimum atomic E-state index is -0.745. The maximum absolute atomic E-state index is 13.6. The number of nitrogens with zero attached hydrogens (tertiary/aromatic N) is 1. The van der Waals surface area contributed by atoms with Gasteiger partial charge in [0, 0.05) is 16.6 Å². The van der Waals surface area contributed by atoms with Gasteiger partial charge in [-0.25, -0.2) is 4.79 Å². The smallest absolute Gasteiger partial charge is 0.337 e. The summed E-state index contributed by atoms with van der Waals surface area (Å²) in [6, 6.07) is 17.7. The normalized spacial score (nSPS) is 15.0. The molecule has 1 aliphatic rings. The largest absolute Gasteiger partial charge is 0.465 e. The molecule has 1 atom stereocenters. The van der Waals surface area contributed by atoms with Crippen LogP contribution in [0.4, 0.5) is 0 Å². The number of benzene rings is 3. The van der Waals surface area contributed by atoms with Gasteiger partial charge in [0.2, 0.25) is 5.76 Å². The molecule has 3 aromatic carbocycles. The van der Waals surface area contributed by atoms with Crippen LogP contribution in [0.1, 0.15) is 43.6 Å². The van der Waals surface area contributed by atoms with Crippen LogP contribution in [0.5, 0.6) is 0 Å². The summed E-state index contributed by atoms with van der Waals surface area (Å²) < 4.78 is 10.7. The van der Waals surface area contributed by atoms with Gasteiger partial charge in [-0.1, -0.05) is 53.5 Å². The van der Waals surface area contributed by atoms with Crippen molar-refractivity contribution in [3.05, 3.63) is 115 Å². The molecule has 170 valence electrons. The van der Waals surface area contributed by atoms with E-state index in [2.05, 4.69) is 0 Å². The highest BCUT2D eigenvalue weighted by Crippen LogP contribution is 2.40. The van der Waals surface area contributed by atoms with Crippen molar-refractivity contribution in [3.8, 4) is 0 Å². The van der Waals surface area contributed by atoms with Crippen molar-refractivity contribution in [2.75, 3.05) is 7.11 Å². The molecule has 5 rings (SSSR count). The second-order valence-electron chi connectivity index (χ2n) is 7.86. The molecule has 0 spiro atoms. The minimum absolute atomic E-state index is 0.0195. The fraction of sp³-hybridized carbons (Fsp3) is 0.115. The van der Waals surface area contributed by atoms with Gasteiger partial charge in [-0.15, -0.1) is 0 Å². The molecule has 6 nitrogen and oxygen atoms in total. The third-order valence-electron chi connectivity index (χ3n) is 5.87. The van der Waals surface area contributed by atoms with Crippen LogP contribution in [-0.4, -0.2) is 23.9 Å². The van der Waals surface area contributed by atoms with E-state index in [-0.39, 0.29) is 34.3 Å². The van der Waals surface area contributed by atoms with Crippen LogP contribution in [0.3, 0.4) is 0 Å². The minimum Gasteiger partial charge on any atom is -0.465 e. The molecule has 0 radical (unpaired) electrons. The van der Waals surface area contributed by atoms with Gasteiger partial charge in [-0.2, -0.15) is 0 Å². The Morgan fingerprint density at radius 2 is 1.76 bits per heavy atom. The highest BCUT2D eigenvalue weighted by Gasteiger charge is 2.43. The van der Waals surface area contributed by atoms with Crippen molar-refractivity contribution in [1.82, 2.24) is 4.90 Å². The average molecular weight is 494 g/mol. The zero-order valence-electron chi connectivity index (χ0n) is 17.9. The number of amides is 1. The van der Waals surface area contributed by atoms with Crippen molar-refractivity contribution in [3.63, 3.8) is 0 Å². The highest BCUT2D eigenvalue weighted by molar-refractivity contribution is 6.31. The van der Waals surface area contributed by atoms with E-state index < -0.39 is 17.9 Å². The molecule has 0 saturated carbocycles. The molecule has 1 aromatic heterocycles. The molecule has 4 aromatic rings. The van der Waals surface area contributed by atoms with Gasteiger partial charge < -0.3 is 14.1 Å². The van der Waals surface area contributed by atoms with E-state index in [1.165, 1.54) is 13.2 Å². The van der Waals surface area contributed by atoms with E-state index in [1.54, 1.807) is 53.4 Å². The molecule has 0 bridgehead atoms. The number of methoxy groups -OCH3 is 1. The van der Waals surface area contributed by atoms with Gasteiger partial charge in [0.15, 0.2) is 5.43 Å². The second-order valence-corrected chi connectivity index (χ2v) is 8.70. The average Bonchev–Trinajstić information content (AvgIpc) is 3.12. The molecular formula is C26H17Cl2NO5. The van der Waals surface area contributed by atoms with Gasteiger partial charge in [0.05, 0.1) is 29.7 Å². The fourth-order valence-electron chi connectivity index (χ4n) is 4.23. The van der Waals surface area contributed by atoms with Gasteiger partial charge in [-0.3, -0.25) is 9.59 Å². The molecule has 0 aliphatic carbocycles. The number of hydrogen-bond donors (Lipinski definition) is 0. The van der Waals surface area contributed by atoms with Gasteiger partial charge in [0.1, 0.15) is 5.58 Å². The lowest BCUT2D eigenvalue weighted by molar-refractivity contribution is 0.0599. The summed E-state index contributed by atoms with van der Waals surface area (Å²) in [6.45, 7) is 0.155. The second kappa shape index (κ2) is 8.63. The molecular weight excluding hydrogens is 477 g/mol. The van der Waals surface area contributed by atoms with Crippen molar-refractivity contribution >= 4 is 46.0 Å². The summed E-state index contributed by atoms with van der Waals surface area (Å²) >= 11 is 12.5. The monoisotopic (exact) mass is 493 g/mol. The first-order chi connectivity index (χ1) is 16.4. The van der Waals surface area contributed by atoms with Gasteiger partial charge in [-0.05, 0) is 47.5 Å². The van der Waals surface area contributed by atoms with E-state index in [4.69, 9.17) is 32.4 Å². The molecule has 0 N–H and O–H groups in total. The Bertz CT molecular complexity index is 1510. The van der Waals surface area contributed by atoms with E-state index in [1.807, 2.05) is 12.1 Å². The first-order valence-electron chi connectivity index (χ1n) is 10.4. The lowest BCUT2D eigenvalue weighted by Crippen LogP contribution is -2.29. The van der Waals surface area contributed by atoms with Crippen LogP contribution in [0.2, 0.25) is 10.0 Å². The van der Waals surface area contributed by atoms with Crippen molar-refractivity contribution in [2.45, 2.75) is 12.6 Å². The number of hydrogen-bond acceptors (Lipinski definition) is 5. The molecule has 1 aliphatic heterocycles. The Morgan fingerprint density at radius 3 is 2.47 bits per heavy atom. The van der Waals surface area contributed by atoms with E-state index in [0.717, 1.165) is 5.56 Å². The first kappa shape index (κ1) is 22.2. The summed E-state index contributed by atoms with van der Waals surface area (Å²) in [5, 5.41) is 1.17. The topological polar surface area (TPSA) is 76.8 Å². The summed E-state index contributed by atoms with van der Waals surface area (Å²) in [4.78, 5) is 40.6. The SMILES string of the molecule is COC(=O)c1ccc([C@@H]2c3c(oc4ccc(Cl)cc4c3=O)C(=O)N2Cc2ccccc2Cl)cc1. The molecule has 1 amide bonds. The molecule has 34 heavy (non-hydrogen) atoms. The summed E-state index contributed by atoms with van der Waals surface area (Å²) in [6.07, 6.45) is 0. The first-order valence-corrected chi connectivity index (χ1v) is 11.1. The number of ether oxygens (including phenoxy) is 1. The summed E-state index contributed by atoms with van der Waals surface area (Å²) in [7, 11) is 1.30. The lowest BCUT2D eigenvalue weighted by Gasteiger charge is -2.25. The highest BCUT2D eigenvalue weighted by atomic mass is 35.5. The predicted octanol–water partition coefficient (Wildman–Crippen LogP) is 5.63. The molecule has 0 unspecified atom stereocenters. The number of carbonyl (C=O) groups excluding carboxylic acids is 2. The Kier molecular flexibility index (Phi) is 5.63. The quantitative estimate of drug-likeness (QED) is 0.344. The van der Waals surface area contributed by atoms with E-state index in [0.29, 0.717) is 21.2 Å². The predicted molar refractivity (Wildman–Crippen MR) is 128 cm³/mol. The van der Waals surface area contributed by atoms with Crippen LogP contribution in [0, 0.1) is 0 Å². The van der Waals surface area contributed by atoms with Crippen molar-refractivity contribution in [1.29, 1.82) is 0 Å². The zero-order valence-corrected chi connectivity index (χ0v) is 19.4. The molecule has 0 fully saturated rings. The number of rotatable bonds is 4. The number of esters is 1. The zero-order chi connectivity index (χ0) is 24.0. The van der Waals surface area contributed by atoms with Gasteiger partial charge >= 0.3 is 5.97 Å². The van der Waals surface area contributed by atoms with Crippen LogP contribution in [-0.2, 0) is 11.3 Å². The molecule has 0 saturated heterocycles. The number of halogens is 2. The maximum atomic E-state index is 13.6. The van der Waals surface area contributed by atoms with Crippen molar-refractivity contribution < 1.29 is 18.7 Å². The van der Waals surface area contributed by atoms with Crippen molar-refractivity contribution in [2.24, 2.45) is 0 Å². The number of fused-ring (bicyclic) bond motifs is 2. The van der Waals surface area contributed by atoms with Crippen LogP contribution in [0.25, 0.3) is 11.0 Å². The third-order valence-corrected chi connectivity index (χ3v) is 6.48. The van der Waals surface area contributed by atoms with Crippen LogP contribution >= 0.6 is 23.2 Å².